The largest absolute Gasteiger partial charge is 0.393 e. The lowest BCUT2D eigenvalue weighted by Crippen LogP contribution is -2.51. The molecule has 11 heteroatoms. The van der Waals surface area contributed by atoms with Crippen LogP contribution >= 0.6 is 11.6 Å². The Morgan fingerprint density at radius 1 is 0.958 bits per heavy atom. The zero-order valence-corrected chi connectivity index (χ0v) is 13.5. The summed E-state index contributed by atoms with van der Waals surface area (Å²) in [4.78, 5) is -0.518. The number of rotatable bonds is 2. The SMILES string of the molecule is O=S(=O)(c1ccccc1Cl)N1C[C@@H](C(F)(F)F)C[C@H](C(F)(F)F)C1. The fourth-order valence-corrected chi connectivity index (χ4v) is 4.55. The third-order valence-corrected chi connectivity index (χ3v) is 6.13. The molecular formula is C13H12ClF6NO2S. The molecule has 1 aliphatic rings. The Bertz CT molecular complexity index is 681. The van der Waals surface area contributed by atoms with Gasteiger partial charge in [-0.25, -0.2) is 8.42 Å². The third-order valence-electron chi connectivity index (χ3n) is 3.80. The van der Waals surface area contributed by atoms with E-state index >= 15 is 0 Å². The summed E-state index contributed by atoms with van der Waals surface area (Å²) in [5.41, 5.74) is 0. The second-order valence-electron chi connectivity index (χ2n) is 5.47. The van der Waals surface area contributed by atoms with Gasteiger partial charge in [0.2, 0.25) is 10.0 Å². The van der Waals surface area contributed by atoms with Crippen molar-refractivity contribution in [2.75, 3.05) is 13.1 Å². The Morgan fingerprint density at radius 3 is 1.83 bits per heavy atom. The van der Waals surface area contributed by atoms with Crippen molar-refractivity contribution >= 4 is 21.6 Å². The summed E-state index contributed by atoms with van der Waals surface area (Å²) in [5.74, 6) is -4.79. The maximum Gasteiger partial charge on any atom is 0.393 e. The summed E-state index contributed by atoms with van der Waals surface area (Å²) in [6.07, 6.45) is -11.1. The second-order valence-corrected chi connectivity index (χ2v) is 7.78. The molecule has 1 aromatic carbocycles. The minimum absolute atomic E-state index is 0.216. The standard InChI is InChI=1S/C13H12ClF6NO2S/c14-10-3-1-2-4-11(10)24(22,23)21-6-8(12(15,16)17)5-9(7-21)13(18,19)20/h1-4,8-9H,5-7H2/t8-,9-/m0/s1. The lowest BCUT2D eigenvalue weighted by atomic mass is 9.89. The molecule has 0 unspecified atom stereocenters. The molecule has 1 heterocycles. The molecule has 3 nitrogen and oxygen atoms in total. The number of alkyl halides is 6. The minimum atomic E-state index is -4.93. The van der Waals surface area contributed by atoms with E-state index in [0.717, 1.165) is 6.07 Å². The van der Waals surface area contributed by atoms with Crippen LogP contribution in [-0.4, -0.2) is 38.2 Å². The van der Waals surface area contributed by atoms with Gasteiger partial charge in [0.15, 0.2) is 0 Å². The number of halogens is 7. The van der Waals surface area contributed by atoms with Crippen LogP contribution in [0.15, 0.2) is 29.2 Å². The van der Waals surface area contributed by atoms with Crippen LogP contribution in [-0.2, 0) is 10.0 Å². The molecule has 136 valence electrons. The lowest BCUT2D eigenvalue weighted by molar-refractivity contribution is -0.224. The van der Waals surface area contributed by atoms with E-state index in [1.807, 2.05) is 0 Å². The molecule has 0 aliphatic carbocycles. The van der Waals surface area contributed by atoms with Crippen molar-refractivity contribution in [3.63, 3.8) is 0 Å². The van der Waals surface area contributed by atoms with E-state index in [9.17, 15) is 34.8 Å². The second kappa shape index (κ2) is 6.38. The zero-order valence-electron chi connectivity index (χ0n) is 11.9. The topological polar surface area (TPSA) is 37.4 Å². The maximum atomic E-state index is 12.9. The van der Waals surface area contributed by atoms with Crippen molar-refractivity contribution in [2.24, 2.45) is 11.8 Å². The Kier molecular flexibility index (Phi) is 5.14. The van der Waals surface area contributed by atoms with Gasteiger partial charge in [-0.15, -0.1) is 0 Å². The summed E-state index contributed by atoms with van der Waals surface area (Å²) >= 11 is 5.73. The Balaban J connectivity index is 2.42. The van der Waals surface area contributed by atoms with Crippen molar-refractivity contribution < 1.29 is 34.8 Å². The van der Waals surface area contributed by atoms with E-state index < -0.39 is 58.6 Å². The maximum absolute atomic E-state index is 12.9. The zero-order chi connectivity index (χ0) is 18.3. The highest BCUT2D eigenvalue weighted by molar-refractivity contribution is 7.89. The van der Waals surface area contributed by atoms with Crippen LogP contribution in [0.5, 0.6) is 0 Å². The summed E-state index contributed by atoms with van der Waals surface area (Å²) in [7, 11) is -4.58. The minimum Gasteiger partial charge on any atom is -0.207 e. The van der Waals surface area contributed by atoms with Crippen LogP contribution in [0.2, 0.25) is 5.02 Å². The van der Waals surface area contributed by atoms with Gasteiger partial charge in [0, 0.05) is 13.1 Å². The molecule has 1 saturated heterocycles. The first-order valence-electron chi connectivity index (χ1n) is 6.71. The van der Waals surface area contributed by atoms with Crippen molar-refractivity contribution in [1.29, 1.82) is 0 Å². The van der Waals surface area contributed by atoms with Gasteiger partial charge in [-0.1, -0.05) is 23.7 Å². The molecule has 1 fully saturated rings. The highest BCUT2D eigenvalue weighted by Gasteiger charge is 2.53. The summed E-state index contributed by atoms with van der Waals surface area (Å²) in [6.45, 7) is -2.13. The number of hydrogen-bond acceptors (Lipinski definition) is 2. The van der Waals surface area contributed by atoms with Gasteiger partial charge in [0.1, 0.15) is 4.90 Å². The average molecular weight is 396 g/mol. The fraction of sp³-hybridized carbons (Fsp3) is 0.538. The normalized spacial score (nSPS) is 24.1. The molecule has 0 saturated carbocycles. The Hall–Kier alpha value is -1.00. The summed E-state index contributed by atoms with van der Waals surface area (Å²) in [5, 5.41) is -0.268. The van der Waals surface area contributed by atoms with Crippen molar-refractivity contribution in [1.82, 2.24) is 4.31 Å². The molecule has 1 aliphatic heterocycles. The van der Waals surface area contributed by atoms with Gasteiger partial charge >= 0.3 is 12.4 Å². The molecule has 2 rings (SSSR count). The number of sulfonamides is 1. The van der Waals surface area contributed by atoms with Crippen molar-refractivity contribution in [2.45, 2.75) is 23.7 Å². The highest BCUT2D eigenvalue weighted by atomic mass is 35.5. The smallest absolute Gasteiger partial charge is 0.207 e. The molecule has 0 bridgehead atoms. The lowest BCUT2D eigenvalue weighted by Gasteiger charge is -2.38. The van der Waals surface area contributed by atoms with Crippen LogP contribution in [0, 0.1) is 11.8 Å². The Morgan fingerprint density at radius 2 is 1.42 bits per heavy atom. The van der Waals surface area contributed by atoms with E-state index in [1.165, 1.54) is 18.2 Å². The van der Waals surface area contributed by atoms with E-state index in [1.54, 1.807) is 0 Å². The molecule has 1 aromatic rings. The molecule has 0 aromatic heterocycles. The van der Waals surface area contributed by atoms with Crippen LogP contribution in [0.25, 0.3) is 0 Å². The number of benzene rings is 1. The van der Waals surface area contributed by atoms with Crippen LogP contribution in [0.1, 0.15) is 6.42 Å². The first kappa shape index (κ1) is 19.3. The van der Waals surface area contributed by atoms with Gasteiger partial charge in [-0.2, -0.15) is 30.6 Å². The quantitative estimate of drug-likeness (QED) is 0.707. The van der Waals surface area contributed by atoms with E-state index in [0.29, 0.717) is 0 Å². The predicted octanol–water partition coefficient (Wildman–Crippen LogP) is 4.09. The van der Waals surface area contributed by atoms with Gasteiger partial charge in [0.05, 0.1) is 16.9 Å². The number of piperidine rings is 1. The van der Waals surface area contributed by atoms with E-state index in [-0.39, 0.29) is 9.33 Å². The fourth-order valence-electron chi connectivity index (χ4n) is 2.52. The van der Waals surface area contributed by atoms with E-state index in [4.69, 9.17) is 11.6 Å². The third kappa shape index (κ3) is 3.97. The van der Waals surface area contributed by atoms with Gasteiger partial charge in [-0.05, 0) is 18.6 Å². The van der Waals surface area contributed by atoms with Crippen LogP contribution in [0.4, 0.5) is 26.3 Å². The van der Waals surface area contributed by atoms with Crippen LogP contribution < -0.4 is 0 Å². The van der Waals surface area contributed by atoms with Gasteiger partial charge < -0.3 is 0 Å². The molecule has 24 heavy (non-hydrogen) atoms. The van der Waals surface area contributed by atoms with E-state index in [2.05, 4.69) is 0 Å². The van der Waals surface area contributed by atoms with Gasteiger partial charge in [0.25, 0.3) is 0 Å². The molecular weight excluding hydrogens is 384 g/mol. The monoisotopic (exact) mass is 395 g/mol. The molecule has 0 spiro atoms. The molecule has 0 radical (unpaired) electrons. The Labute approximate surface area is 139 Å². The molecule has 0 N–H and O–H groups in total. The molecule has 2 atom stereocenters. The van der Waals surface area contributed by atoms with Crippen molar-refractivity contribution in [3.05, 3.63) is 29.3 Å². The number of nitrogens with zero attached hydrogens (tertiary/aromatic N) is 1. The summed E-state index contributed by atoms with van der Waals surface area (Å²) in [6, 6.07) is 4.91. The highest BCUT2D eigenvalue weighted by Crippen LogP contribution is 2.43. The van der Waals surface area contributed by atoms with Gasteiger partial charge in [-0.3, -0.25) is 0 Å². The first-order chi connectivity index (χ1) is 10.8. The van der Waals surface area contributed by atoms with Crippen molar-refractivity contribution in [3.8, 4) is 0 Å². The average Bonchev–Trinajstić information content (AvgIpc) is 2.45. The number of hydrogen-bond donors (Lipinski definition) is 0. The van der Waals surface area contributed by atoms with Crippen LogP contribution in [0.3, 0.4) is 0 Å². The molecule has 0 amide bonds. The summed E-state index contributed by atoms with van der Waals surface area (Å²) < 4.78 is 103. The predicted molar refractivity (Wildman–Crippen MR) is 73.9 cm³/mol. The first-order valence-corrected chi connectivity index (χ1v) is 8.53.